The lowest BCUT2D eigenvalue weighted by molar-refractivity contribution is 0.138. The Hall–Kier alpha value is -0.786. The Kier molecular flexibility index (Phi) is 14.5. The lowest BCUT2D eigenvalue weighted by Crippen LogP contribution is -2.31. The Labute approximate surface area is 199 Å². The minimum absolute atomic E-state index is 0.0239. The van der Waals surface area contributed by atoms with Gasteiger partial charge in [0.05, 0.1) is 9.52 Å². The standard InChI is InChI=1S/C26H48N2OSi2/c1-8-27(9-2)23-18-19-25(24(22-23)28(10-3)11-4)30-20-16-14-12-13-15-17-21-31-29-26(5,6)7/h18-19,22H,8-17,20-21H2,1-7H3. The summed E-state index contributed by atoms with van der Waals surface area (Å²) in [6, 6.07) is 9.74. The van der Waals surface area contributed by atoms with Gasteiger partial charge in [-0.15, -0.1) is 0 Å². The molecule has 0 saturated carbocycles. The molecule has 31 heavy (non-hydrogen) atoms. The van der Waals surface area contributed by atoms with Crippen LogP contribution >= 0.6 is 0 Å². The molecule has 0 amide bonds. The molecule has 0 bridgehead atoms. The number of hydrogen-bond acceptors (Lipinski definition) is 3. The Morgan fingerprint density at radius 1 is 0.742 bits per heavy atom. The third kappa shape index (κ3) is 11.6. The summed E-state index contributed by atoms with van der Waals surface area (Å²) >= 11 is 0. The third-order valence-corrected chi connectivity index (χ3v) is 8.34. The molecule has 0 atom stereocenters. The highest BCUT2D eigenvalue weighted by Gasteiger charge is 2.12. The first kappa shape index (κ1) is 28.2. The van der Waals surface area contributed by atoms with Crippen molar-refractivity contribution in [3.05, 3.63) is 18.2 Å². The highest BCUT2D eigenvalue weighted by atomic mass is 28.2. The van der Waals surface area contributed by atoms with Gasteiger partial charge >= 0.3 is 0 Å². The topological polar surface area (TPSA) is 15.7 Å². The number of nitrogens with zero attached hydrogens (tertiary/aromatic N) is 2. The molecule has 176 valence electrons. The molecule has 0 aliphatic carbocycles. The van der Waals surface area contributed by atoms with E-state index in [2.05, 4.69) is 76.5 Å². The molecule has 0 fully saturated rings. The van der Waals surface area contributed by atoms with Crippen LogP contribution in [0.15, 0.2) is 18.2 Å². The Bertz CT molecular complexity index is 581. The van der Waals surface area contributed by atoms with Gasteiger partial charge < -0.3 is 14.2 Å². The van der Waals surface area contributed by atoms with Crippen LogP contribution in [-0.2, 0) is 4.43 Å². The monoisotopic (exact) mass is 460 g/mol. The maximum atomic E-state index is 5.83. The Morgan fingerprint density at radius 3 is 1.84 bits per heavy atom. The van der Waals surface area contributed by atoms with Gasteiger partial charge in [0.1, 0.15) is 0 Å². The zero-order valence-electron chi connectivity index (χ0n) is 21.5. The number of unbranched alkanes of at least 4 members (excludes halogenated alkanes) is 5. The van der Waals surface area contributed by atoms with Gasteiger partial charge in [-0.2, -0.15) is 0 Å². The van der Waals surface area contributed by atoms with Crippen LogP contribution in [-0.4, -0.2) is 51.1 Å². The van der Waals surface area contributed by atoms with Gasteiger partial charge in [0.15, 0.2) is 0 Å². The summed E-state index contributed by atoms with van der Waals surface area (Å²) in [6.07, 6.45) is 8.20. The van der Waals surface area contributed by atoms with E-state index in [-0.39, 0.29) is 5.60 Å². The third-order valence-electron chi connectivity index (χ3n) is 5.61. The number of rotatable bonds is 17. The molecule has 4 radical (unpaired) electrons. The van der Waals surface area contributed by atoms with Crippen molar-refractivity contribution in [3.8, 4) is 0 Å². The summed E-state index contributed by atoms with van der Waals surface area (Å²) in [6.45, 7) is 19.8. The van der Waals surface area contributed by atoms with E-state index in [0.29, 0.717) is 9.76 Å². The molecule has 5 heteroatoms. The van der Waals surface area contributed by atoms with E-state index in [0.717, 1.165) is 35.7 Å². The molecule has 1 aromatic rings. The quantitative estimate of drug-likeness (QED) is 0.200. The number of anilines is 2. The van der Waals surface area contributed by atoms with Crippen LogP contribution < -0.4 is 15.0 Å². The van der Waals surface area contributed by atoms with Gasteiger partial charge in [0, 0.05) is 43.2 Å². The minimum atomic E-state index is 0.0239. The first-order chi connectivity index (χ1) is 14.9. The molecule has 0 unspecified atom stereocenters. The van der Waals surface area contributed by atoms with Crippen molar-refractivity contribution in [3.63, 3.8) is 0 Å². The van der Waals surface area contributed by atoms with Crippen LogP contribution in [0, 0.1) is 0 Å². The zero-order chi connectivity index (χ0) is 23.1. The summed E-state index contributed by atoms with van der Waals surface area (Å²) in [5.41, 5.74) is 2.86. The van der Waals surface area contributed by atoms with Crippen molar-refractivity contribution in [2.45, 2.75) is 105 Å². The molecule has 3 nitrogen and oxygen atoms in total. The predicted molar refractivity (Wildman–Crippen MR) is 143 cm³/mol. The van der Waals surface area contributed by atoms with Crippen LogP contribution in [0.25, 0.3) is 0 Å². The molecule has 0 aromatic heterocycles. The fourth-order valence-electron chi connectivity index (χ4n) is 3.80. The fraction of sp³-hybridized carbons (Fsp3) is 0.769. The molecular weight excluding hydrogens is 412 g/mol. The van der Waals surface area contributed by atoms with E-state index < -0.39 is 0 Å². The van der Waals surface area contributed by atoms with Crippen molar-refractivity contribution in [1.82, 2.24) is 0 Å². The molecule has 0 spiro atoms. The minimum Gasteiger partial charge on any atom is -0.413 e. The van der Waals surface area contributed by atoms with E-state index in [1.165, 1.54) is 62.0 Å². The van der Waals surface area contributed by atoms with Gasteiger partial charge in [-0.3, -0.25) is 0 Å². The summed E-state index contributed by atoms with van der Waals surface area (Å²) in [5.74, 6) is 0. The van der Waals surface area contributed by atoms with Crippen molar-refractivity contribution >= 4 is 35.8 Å². The molecule has 0 saturated heterocycles. The SMILES string of the molecule is CCN(CC)c1ccc([Si]CCCCCCCC[Si]OC(C)(C)C)c(N(CC)CC)c1. The Morgan fingerprint density at radius 2 is 1.29 bits per heavy atom. The maximum Gasteiger partial charge on any atom is 0.230 e. The van der Waals surface area contributed by atoms with Crippen molar-refractivity contribution in [2.24, 2.45) is 0 Å². The summed E-state index contributed by atoms with van der Waals surface area (Å²) in [4.78, 5) is 4.98. The number of hydrogen-bond donors (Lipinski definition) is 0. The van der Waals surface area contributed by atoms with Crippen LogP contribution in [0.4, 0.5) is 11.4 Å². The van der Waals surface area contributed by atoms with E-state index in [1.54, 1.807) is 5.19 Å². The zero-order valence-corrected chi connectivity index (χ0v) is 23.5. The van der Waals surface area contributed by atoms with Gasteiger partial charge in [0.2, 0.25) is 9.76 Å². The van der Waals surface area contributed by atoms with E-state index in [9.17, 15) is 0 Å². The second-order valence-corrected chi connectivity index (χ2v) is 11.6. The van der Waals surface area contributed by atoms with Crippen LogP contribution in [0.1, 0.15) is 87.0 Å². The number of benzene rings is 1. The molecule has 1 rings (SSSR count). The second-order valence-electron chi connectivity index (χ2n) is 9.20. The summed E-state index contributed by atoms with van der Waals surface area (Å²) in [7, 11) is 1.59. The van der Waals surface area contributed by atoms with E-state index >= 15 is 0 Å². The van der Waals surface area contributed by atoms with Crippen LogP contribution in [0.3, 0.4) is 0 Å². The van der Waals surface area contributed by atoms with E-state index in [4.69, 9.17) is 4.43 Å². The van der Waals surface area contributed by atoms with Gasteiger partial charge in [-0.25, -0.2) is 0 Å². The molecule has 0 heterocycles. The van der Waals surface area contributed by atoms with Crippen molar-refractivity contribution in [2.75, 3.05) is 36.0 Å². The molecule has 0 aliphatic rings. The van der Waals surface area contributed by atoms with Crippen LogP contribution in [0.2, 0.25) is 12.1 Å². The van der Waals surface area contributed by atoms with Crippen molar-refractivity contribution in [1.29, 1.82) is 0 Å². The lowest BCUT2D eigenvalue weighted by Gasteiger charge is -2.28. The van der Waals surface area contributed by atoms with Gasteiger partial charge in [-0.1, -0.05) is 50.6 Å². The summed E-state index contributed by atoms with van der Waals surface area (Å²) in [5, 5.41) is 1.56. The van der Waals surface area contributed by atoms with Crippen LogP contribution in [0.5, 0.6) is 0 Å². The van der Waals surface area contributed by atoms with E-state index in [1.807, 2.05) is 0 Å². The molecule has 0 N–H and O–H groups in total. The highest BCUT2D eigenvalue weighted by molar-refractivity contribution is 6.55. The first-order valence-electron chi connectivity index (χ1n) is 12.6. The molecule has 1 aromatic carbocycles. The second kappa shape index (κ2) is 15.9. The average Bonchev–Trinajstić information content (AvgIpc) is 2.74. The normalized spacial score (nSPS) is 11.7. The predicted octanol–water partition coefficient (Wildman–Crippen LogP) is 6.32. The average molecular weight is 461 g/mol. The fourth-order valence-corrected chi connectivity index (χ4v) is 6.04. The lowest BCUT2D eigenvalue weighted by atomic mass is 10.1. The van der Waals surface area contributed by atoms with Gasteiger partial charge in [0.25, 0.3) is 0 Å². The Balaban J connectivity index is 2.37. The van der Waals surface area contributed by atoms with Crippen molar-refractivity contribution < 1.29 is 4.43 Å². The largest absolute Gasteiger partial charge is 0.413 e. The summed E-state index contributed by atoms with van der Waals surface area (Å²) < 4.78 is 5.83. The van der Waals surface area contributed by atoms with Gasteiger partial charge in [-0.05, 0) is 71.8 Å². The highest BCUT2D eigenvalue weighted by Crippen LogP contribution is 2.21. The maximum absolute atomic E-state index is 5.83. The molecule has 0 aliphatic heterocycles. The smallest absolute Gasteiger partial charge is 0.230 e. The first-order valence-corrected chi connectivity index (χ1v) is 15.0. The molecular formula is C26H48N2OSi2.